The molecule has 2 fully saturated rings. The summed E-state index contributed by atoms with van der Waals surface area (Å²) in [5.74, 6) is -2.30. The number of likely N-dealkylation sites (N-methyl/N-ethyl adjacent to an activating group) is 1. The zero-order chi connectivity index (χ0) is 51.2. The predicted octanol–water partition coefficient (Wildman–Crippen LogP) is 4.89. The van der Waals surface area contributed by atoms with Crippen molar-refractivity contribution in [1.82, 2.24) is 19.9 Å². The molecule has 1 aromatic heterocycles. The number of carbonyl (C=O) groups is 2. The molecule has 394 valence electrons. The molecule has 18 nitrogen and oxygen atoms in total. The van der Waals surface area contributed by atoms with Crippen LogP contribution >= 0.6 is 0 Å². The third-order valence-electron chi connectivity index (χ3n) is 14.1. The van der Waals surface area contributed by atoms with Crippen LogP contribution in [0.15, 0.2) is 54.3 Å². The van der Waals surface area contributed by atoms with Gasteiger partial charge in [-0.2, -0.15) is 0 Å². The molecule has 4 heterocycles. The third kappa shape index (κ3) is 15.2. The molecular weight excluding hydrogens is 905 g/mol. The van der Waals surface area contributed by atoms with E-state index in [9.17, 15) is 30.0 Å². The van der Waals surface area contributed by atoms with Crippen molar-refractivity contribution in [2.45, 2.75) is 180 Å². The lowest BCUT2D eigenvalue weighted by Gasteiger charge is -2.46. The number of hydrogen-bond acceptors (Lipinski definition) is 17. The average Bonchev–Trinajstić information content (AvgIpc) is 3.81. The maximum absolute atomic E-state index is 14.1. The summed E-state index contributed by atoms with van der Waals surface area (Å²) in [6, 6.07) is 6.98. The number of aromatic nitrogens is 3. The second-order valence-electron chi connectivity index (χ2n) is 19.7. The number of ether oxygens (including phenoxy) is 8. The molecule has 0 radical (unpaired) electrons. The molecule has 0 saturated carbocycles. The van der Waals surface area contributed by atoms with Crippen LogP contribution in [-0.2, 0) is 49.3 Å². The van der Waals surface area contributed by atoms with Crippen LogP contribution in [-0.4, -0.2) is 173 Å². The molecule has 0 amide bonds. The molecule has 1 aromatic carbocycles. The first kappa shape index (κ1) is 57.2. The Morgan fingerprint density at radius 1 is 0.857 bits per heavy atom. The maximum atomic E-state index is 14.1. The lowest BCUT2D eigenvalue weighted by Crippen LogP contribution is -2.63. The number of rotatable bonds is 18. The van der Waals surface area contributed by atoms with E-state index in [-0.39, 0.29) is 12.4 Å². The molecule has 3 aliphatic heterocycles. The van der Waals surface area contributed by atoms with E-state index in [1.165, 1.54) is 14.2 Å². The van der Waals surface area contributed by atoms with Crippen LogP contribution in [0.4, 0.5) is 0 Å². The van der Waals surface area contributed by atoms with E-state index in [2.05, 4.69) is 17.2 Å². The average molecular weight is 987 g/mol. The number of aliphatic hydroxyl groups is 4. The molecule has 4 unspecified atom stereocenters. The van der Waals surface area contributed by atoms with Gasteiger partial charge in [-0.05, 0) is 96.8 Å². The van der Waals surface area contributed by atoms with Gasteiger partial charge in [-0.25, -0.2) is 0 Å². The Bertz CT molecular complexity index is 1960. The summed E-state index contributed by atoms with van der Waals surface area (Å²) >= 11 is 0. The number of unbranched alkanes of at least 4 members (excludes halogenated alkanes) is 2. The van der Waals surface area contributed by atoms with Gasteiger partial charge < -0.3 is 63.2 Å². The van der Waals surface area contributed by atoms with Crippen molar-refractivity contribution in [2.24, 2.45) is 23.7 Å². The van der Waals surface area contributed by atoms with Crippen LogP contribution in [0.3, 0.4) is 0 Å². The van der Waals surface area contributed by atoms with Crippen molar-refractivity contribution < 1.29 is 67.9 Å². The highest BCUT2D eigenvalue weighted by Gasteiger charge is 2.48. The summed E-state index contributed by atoms with van der Waals surface area (Å²) in [5.41, 5.74) is 2.25. The molecule has 2 saturated heterocycles. The van der Waals surface area contributed by atoms with Gasteiger partial charge >= 0.3 is 5.97 Å². The Balaban J connectivity index is 1.45. The molecule has 0 bridgehead atoms. The number of allylic oxidation sites excluding steroid dienone is 3. The van der Waals surface area contributed by atoms with Gasteiger partial charge in [0, 0.05) is 44.1 Å². The molecule has 70 heavy (non-hydrogen) atoms. The minimum atomic E-state index is -1.30. The molecule has 2 aromatic rings. The van der Waals surface area contributed by atoms with Crippen molar-refractivity contribution >= 4 is 11.8 Å². The van der Waals surface area contributed by atoms with Crippen molar-refractivity contribution in [3.05, 3.63) is 54.3 Å². The number of hydrogen-bond donors (Lipinski definition) is 4. The van der Waals surface area contributed by atoms with E-state index in [1.807, 2.05) is 57.3 Å². The number of carbonyl (C=O) groups excluding carboxylic acids is 2. The molecule has 4 N–H and O–H groups in total. The van der Waals surface area contributed by atoms with Gasteiger partial charge in [0.1, 0.15) is 42.0 Å². The fourth-order valence-electron chi connectivity index (χ4n) is 9.79. The van der Waals surface area contributed by atoms with E-state index in [0.717, 1.165) is 36.1 Å². The zero-order valence-electron chi connectivity index (χ0n) is 43.2. The van der Waals surface area contributed by atoms with Crippen LogP contribution in [0.1, 0.15) is 93.4 Å². The van der Waals surface area contributed by atoms with Crippen molar-refractivity contribution in [3.63, 3.8) is 0 Å². The minimum absolute atomic E-state index is 0.0140. The molecule has 0 spiro atoms. The van der Waals surface area contributed by atoms with Gasteiger partial charge in [0.05, 0.1) is 62.4 Å². The second kappa shape index (κ2) is 27.4. The highest BCUT2D eigenvalue weighted by atomic mass is 16.7. The highest BCUT2D eigenvalue weighted by Crippen LogP contribution is 2.36. The molecular formula is C52H82N4O14. The van der Waals surface area contributed by atoms with E-state index in [4.69, 9.17) is 37.9 Å². The quantitative estimate of drug-likeness (QED) is 0.115. The maximum Gasteiger partial charge on any atom is 0.308 e. The summed E-state index contributed by atoms with van der Waals surface area (Å²) in [4.78, 5) is 29.8. The van der Waals surface area contributed by atoms with E-state index >= 15 is 0 Å². The lowest BCUT2D eigenvalue weighted by atomic mass is 9.79. The number of aliphatic hydroxyl groups excluding tert-OH is 4. The van der Waals surface area contributed by atoms with Crippen LogP contribution in [0.5, 0.6) is 5.75 Å². The Hall–Kier alpha value is -3.66. The van der Waals surface area contributed by atoms with Crippen molar-refractivity contribution in [2.75, 3.05) is 41.5 Å². The normalized spacial score (nSPS) is 35.1. The highest BCUT2D eigenvalue weighted by molar-refractivity contribution is 5.91. The second-order valence-corrected chi connectivity index (χ2v) is 19.7. The van der Waals surface area contributed by atoms with Crippen LogP contribution < -0.4 is 4.74 Å². The largest absolute Gasteiger partial charge is 0.494 e. The van der Waals surface area contributed by atoms with Gasteiger partial charge in [0.25, 0.3) is 0 Å². The Morgan fingerprint density at radius 2 is 1.54 bits per heavy atom. The van der Waals surface area contributed by atoms with Crippen LogP contribution in [0.25, 0.3) is 11.3 Å². The smallest absolute Gasteiger partial charge is 0.308 e. The fraction of sp³-hybridized carbons (Fsp3) is 0.731. The summed E-state index contributed by atoms with van der Waals surface area (Å²) in [6.07, 6.45) is -0.237. The Morgan fingerprint density at radius 3 is 2.20 bits per heavy atom. The van der Waals surface area contributed by atoms with E-state index in [1.54, 1.807) is 56.6 Å². The zero-order valence-corrected chi connectivity index (χ0v) is 43.2. The number of cyclic esters (lactones) is 1. The van der Waals surface area contributed by atoms with Crippen molar-refractivity contribution in [3.8, 4) is 17.0 Å². The van der Waals surface area contributed by atoms with E-state index < -0.39 is 116 Å². The third-order valence-corrected chi connectivity index (χ3v) is 14.1. The van der Waals surface area contributed by atoms with Crippen molar-refractivity contribution in [1.29, 1.82) is 0 Å². The minimum Gasteiger partial charge on any atom is -0.494 e. The monoisotopic (exact) mass is 987 g/mol. The summed E-state index contributed by atoms with van der Waals surface area (Å²) in [5, 5.41) is 54.4. The summed E-state index contributed by atoms with van der Waals surface area (Å²) in [7, 11) is 6.47. The number of aryl methyl sites for hydroxylation is 1. The standard InChI is InChI=1S/C52H82N4O14/c1-12-14-15-24-65-38-19-17-35(18-20-38)39-28-56(54-53-39)23-22-36-26-31(4)40(57)21-16-30(3)25-37(29-66-52-50(64-11)49(63-10)46(61)34(7)68-52)42(13-2)69-43(59)27-41(58)32(5)48(36)70-51-47(62)44(55(8)9)45(60)33(6)67-51/h16-21,25,28,31-34,36-37,41-42,44-52,58,60-62H,12-15,22-24,26-27,29H2,1-11H3/t31-,32+,33-,34?,36+,37-,41-,42-,44?,45-,46-,47?,48-,49+,50?,51+,52-/m1/s1. The van der Waals surface area contributed by atoms with Gasteiger partial charge in [-0.15, -0.1) is 5.10 Å². The summed E-state index contributed by atoms with van der Waals surface area (Å²) in [6.45, 7) is 13.9. The first-order valence-electron chi connectivity index (χ1n) is 25.2. The fourth-order valence-corrected chi connectivity index (χ4v) is 9.79. The topological polar surface area (TPSA) is 223 Å². The molecule has 3 aliphatic rings. The number of methoxy groups -OCH3 is 2. The Labute approximate surface area is 414 Å². The van der Waals surface area contributed by atoms with Gasteiger partial charge in [-0.3, -0.25) is 14.3 Å². The molecule has 18 heteroatoms. The SMILES string of the molecule is CCCCCOc1ccc(-c2cn(CC[C@H]3C[C@@H](C)C(=O)C=CC(C)=C[C@H](CO[C@@H]4OC(C)[C@@H](O)[C@H](OC)C4OC)[C@@H](CC)OC(=O)C[C@@H](O)[C@H](C)[C@H]3O[C@@H]3O[C@H](C)[C@@H](O)C(N(C)C)C3O)nn2)cc1. The van der Waals surface area contributed by atoms with E-state index in [0.29, 0.717) is 38.1 Å². The Kier molecular flexibility index (Phi) is 22.4. The number of esters is 1. The van der Waals surface area contributed by atoms with Gasteiger partial charge in [0.15, 0.2) is 18.4 Å². The first-order chi connectivity index (χ1) is 33.4. The van der Waals surface area contributed by atoms with Crippen LogP contribution in [0.2, 0.25) is 0 Å². The number of nitrogens with zero attached hydrogens (tertiary/aromatic N) is 4. The number of benzene rings is 1. The van der Waals surface area contributed by atoms with Gasteiger partial charge in [-0.1, -0.05) is 63.5 Å². The molecule has 0 aliphatic carbocycles. The number of ketones is 1. The van der Waals surface area contributed by atoms with Gasteiger partial charge in [0.2, 0.25) is 0 Å². The first-order valence-corrected chi connectivity index (χ1v) is 25.2. The lowest BCUT2D eigenvalue weighted by molar-refractivity contribution is -0.304. The molecule has 17 atom stereocenters. The predicted molar refractivity (Wildman–Crippen MR) is 260 cm³/mol. The molecule has 5 rings (SSSR count). The van der Waals surface area contributed by atoms with Crippen LogP contribution in [0, 0.1) is 23.7 Å². The summed E-state index contributed by atoms with van der Waals surface area (Å²) < 4.78 is 50.3.